The number of amides is 2. The molecule has 1 aromatic carbocycles. The third-order valence-corrected chi connectivity index (χ3v) is 5.74. The smallest absolute Gasteiger partial charge is 0.315 e. The molecule has 2 saturated heterocycles. The minimum Gasteiger partial charge on any atom is -0.381 e. The Morgan fingerprint density at radius 1 is 1.17 bits per heavy atom. The molecule has 2 amide bonds. The number of benzene rings is 1. The molecule has 0 aromatic heterocycles. The van der Waals surface area contributed by atoms with Crippen molar-refractivity contribution in [2.75, 3.05) is 66.7 Å². The molecule has 162 valence electrons. The molecule has 3 unspecified atom stereocenters. The first-order chi connectivity index (χ1) is 14.1. The summed E-state index contributed by atoms with van der Waals surface area (Å²) in [6, 6.07) is 10.6. The molecule has 3 rings (SSSR count). The lowest BCUT2D eigenvalue weighted by Crippen LogP contribution is -2.55. The highest BCUT2D eigenvalue weighted by atomic mass is 16.5. The summed E-state index contributed by atoms with van der Waals surface area (Å²) in [6.07, 6.45) is 1.87. The normalized spacial score (nSPS) is 22.4. The summed E-state index contributed by atoms with van der Waals surface area (Å²) in [7, 11) is 4.07. The maximum Gasteiger partial charge on any atom is 0.315 e. The summed E-state index contributed by atoms with van der Waals surface area (Å²) in [4.78, 5) is 17.3. The minimum atomic E-state index is -0.0926. The summed E-state index contributed by atoms with van der Waals surface area (Å²) >= 11 is 0. The fourth-order valence-electron chi connectivity index (χ4n) is 4.29. The Kier molecular flexibility index (Phi) is 8.73. The zero-order chi connectivity index (χ0) is 20.5. The summed E-state index contributed by atoms with van der Waals surface area (Å²) in [6.45, 7) is 6.40. The summed E-state index contributed by atoms with van der Waals surface area (Å²) < 4.78 is 11.1. The van der Waals surface area contributed by atoms with Crippen LogP contribution in [0, 0.1) is 5.92 Å². The molecule has 3 atom stereocenters. The average molecular weight is 405 g/mol. The van der Waals surface area contributed by atoms with Crippen LogP contribution in [-0.4, -0.2) is 94.6 Å². The van der Waals surface area contributed by atoms with Crippen LogP contribution in [0.1, 0.15) is 12.0 Å². The van der Waals surface area contributed by atoms with Crippen molar-refractivity contribution >= 4 is 6.03 Å². The van der Waals surface area contributed by atoms with Gasteiger partial charge in [-0.05, 0) is 32.5 Å². The molecule has 0 spiro atoms. The standard InChI is InChI=1S/C22H36N4O3/c1-25(2)16-20(14-18-6-4-3-5-7-18)24-22(27)23-15-21(19-8-11-29-17-19)26-9-12-28-13-10-26/h3-7,19-21H,8-17H2,1-2H3,(H2,23,24,27). The van der Waals surface area contributed by atoms with Crippen LogP contribution in [0.5, 0.6) is 0 Å². The molecule has 29 heavy (non-hydrogen) atoms. The van der Waals surface area contributed by atoms with Crippen LogP contribution in [0.15, 0.2) is 30.3 Å². The van der Waals surface area contributed by atoms with E-state index in [4.69, 9.17) is 9.47 Å². The predicted octanol–water partition coefficient (Wildman–Crippen LogP) is 1.20. The van der Waals surface area contributed by atoms with E-state index in [9.17, 15) is 4.79 Å². The number of carbonyl (C=O) groups excluding carboxylic acids is 1. The first-order valence-corrected chi connectivity index (χ1v) is 10.7. The quantitative estimate of drug-likeness (QED) is 0.647. The van der Waals surface area contributed by atoms with Crippen molar-refractivity contribution in [1.29, 1.82) is 0 Å². The first kappa shape index (κ1) is 22.0. The molecule has 1 aromatic rings. The number of morpholine rings is 1. The largest absolute Gasteiger partial charge is 0.381 e. The van der Waals surface area contributed by atoms with Gasteiger partial charge in [0.15, 0.2) is 0 Å². The Morgan fingerprint density at radius 3 is 2.59 bits per heavy atom. The molecule has 2 heterocycles. The molecule has 0 aliphatic carbocycles. The van der Waals surface area contributed by atoms with Crippen LogP contribution in [0.4, 0.5) is 4.79 Å². The second-order valence-corrected chi connectivity index (χ2v) is 8.34. The number of likely N-dealkylation sites (N-methyl/N-ethyl adjacent to an activating group) is 1. The molecule has 0 bridgehead atoms. The van der Waals surface area contributed by atoms with Crippen LogP contribution < -0.4 is 10.6 Å². The third kappa shape index (κ3) is 7.26. The van der Waals surface area contributed by atoms with E-state index in [1.165, 1.54) is 5.56 Å². The lowest BCUT2D eigenvalue weighted by atomic mass is 9.97. The van der Waals surface area contributed by atoms with Crippen LogP contribution in [-0.2, 0) is 15.9 Å². The number of nitrogens with zero attached hydrogens (tertiary/aromatic N) is 2. The predicted molar refractivity (Wildman–Crippen MR) is 114 cm³/mol. The summed E-state index contributed by atoms with van der Waals surface area (Å²) in [5, 5.41) is 6.32. The van der Waals surface area contributed by atoms with Gasteiger partial charge in [-0.15, -0.1) is 0 Å². The van der Waals surface area contributed by atoms with Crippen molar-refractivity contribution in [1.82, 2.24) is 20.4 Å². The van der Waals surface area contributed by atoms with E-state index < -0.39 is 0 Å². The lowest BCUT2D eigenvalue weighted by molar-refractivity contribution is 0.00210. The molecule has 7 heteroatoms. The number of hydrogen-bond donors (Lipinski definition) is 2. The first-order valence-electron chi connectivity index (χ1n) is 10.7. The highest BCUT2D eigenvalue weighted by Crippen LogP contribution is 2.21. The van der Waals surface area contributed by atoms with Crippen LogP contribution >= 0.6 is 0 Å². The van der Waals surface area contributed by atoms with Gasteiger partial charge in [0.1, 0.15) is 0 Å². The van der Waals surface area contributed by atoms with Gasteiger partial charge in [0.25, 0.3) is 0 Å². The Bertz CT molecular complexity index is 601. The number of hydrogen-bond acceptors (Lipinski definition) is 5. The SMILES string of the molecule is CN(C)CC(Cc1ccccc1)NC(=O)NCC(C1CCOC1)N1CCOCC1. The van der Waals surface area contributed by atoms with Gasteiger partial charge in [-0.3, -0.25) is 4.90 Å². The molecular formula is C22H36N4O3. The van der Waals surface area contributed by atoms with Gasteiger partial charge in [-0.2, -0.15) is 0 Å². The van der Waals surface area contributed by atoms with E-state index >= 15 is 0 Å². The van der Waals surface area contributed by atoms with Gasteiger partial charge >= 0.3 is 6.03 Å². The zero-order valence-electron chi connectivity index (χ0n) is 17.8. The van der Waals surface area contributed by atoms with Crippen LogP contribution in [0.3, 0.4) is 0 Å². The van der Waals surface area contributed by atoms with E-state index in [1.807, 2.05) is 32.3 Å². The van der Waals surface area contributed by atoms with Crippen molar-refractivity contribution in [2.45, 2.75) is 24.9 Å². The van der Waals surface area contributed by atoms with E-state index in [0.29, 0.717) is 18.5 Å². The van der Waals surface area contributed by atoms with Crippen molar-refractivity contribution < 1.29 is 14.3 Å². The van der Waals surface area contributed by atoms with Crippen LogP contribution in [0.25, 0.3) is 0 Å². The van der Waals surface area contributed by atoms with Crippen molar-refractivity contribution in [3.8, 4) is 0 Å². The maximum atomic E-state index is 12.7. The number of urea groups is 1. The third-order valence-electron chi connectivity index (χ3n) is 5.74. The highest BCUT2D eigenvalue weighted by molar-refractivity contribution is 5.74. The van der Waals surface area contributed by atoms with Crippen molar-refractivity contribution in [3.05, 3.63) is 35.9 Å². The molecular weight excluding hydrogens is 368 g/mol. The molecule has 2 aliphatic heterocycles. The van der Waals surface area contributed by atoms with Crippen molar-refractivity contribution in [3.63, 3.8) is 0 Å². The fourth-order valence-corrected chi connectivity index (χ4v) is 4.29. The molecule has 2 aliphatic rings. The van der Waals surface area contributed by atoms with Crippen LogP contribution in [0.2, 0.25) is 0 Å². The minimum absolute atomic E-state index is 0.0593. The van der Waals surface area contributed by atoms with Gasteiger partial charge in [0, 0.05) is 50.8 Å². The second kappa shape index (κ2) is 11.5. The molecule has 0 radical (unpaired) electrons. The van der Waals surface area contributed by atoms with E-state index in [0.717, 1.165) is 58.9 Å². The topological polar surface area (TPSA) is 66.1 Å². The van der Waals surface area contributed by atoms with E-state index in [2.05, 4.69) is 32.6 Å². The van der Waals surface area contributed by atoms with E-state index in [1.54, 1.807) is 0 Å². The highest BCUT2D eigenvalue weighted by Gasteiger charge is 2.31. The fraction of sp³-hybridized carbons (Fsp3) is 0.682. The van der Waals surface area contributed by atoms with Gasteiger partial charge < -0.3 is 25.0 Å². The summed E-state index contributed by atoms with van der Waals surface area (Å²) in [5.74, 6) is 0.468. The molecule has 7 nitrogen and oxygen atoms in total. The van der Waals surface area contributed by atoms with Gasteiger partial charge in [0.05, 0.1) is 19.8 Å². The number of carbonyl (C=O) groups is 1. The molecule has 2 fully saturated rings. The Hall–Kier alpha value is -1.67. The van der Waals surface area contributed by atoms with Gasteiger partial charge in [0.2, 0.25) is 0 Å². The number of ether oxygens (including phenoxy) is 2. The Labute approximate surface area is 174 Å². The monoisotopic (exact) mass is 404 g/mol. The lowest BCUT2D eigenvalue weighted by Gasteiger charge is -2.37. The average Bonchev–Trinajstić information content (AvgIpc) is 3.24. The van der Waals surface area contributed by atoms with Crippen molar-refractivity contribution in [2.24, 2.45) is 5.92 Å². The molecule has 0 saturated carbocycles. The summed E-state index contributed by atoms with van der Waals surface area (Å²) in [5.41, 5.74) is 1.23. The number of rotatable bonds is 9. The Morgan fingerprint density at radius 2 is 1.93 bits per heavy atom. The molecule has 2 N–H and O–H groups in total. The number of nitrogens with one attached hydrogen (secondary N) is 2. The zero-order valence-corrected chi connectivity index (χ0v) is 17.8. The van der Waals surface area contributed by atoms with Gasteiger partial charge in [-0.1, -0.05) is 30.3 Å². The van der Waals surface area contributed by atoms with Gasteiger partial charge in [-0.25, -0.2) is 4.79 Å². The Balaban J connectivity index is 1.54. The van der Waals surface area contributed by atoms with E-state index in [-0.39, 0.29) is 12.1 Å². The second-order valence-electron chi connectivity index (χ2n) is 8.34. The maximum absolute atomic E-state index is 12.7.